The minimum atomic E-state index is -0.440. The quantitative estimate of drug-likeness (QED) is 0.897. The van der Waals surface area contributed by atoms with E-state index in [0.717, 1.165) is 5.75 Å². The highest BCUT2D eigenvalue weighted by Crippen LogP contribution is 2.17. The molecule has 0 atom stereocenters. The molecule has 0 unspecified atom stereocenters. The van der Waals surface area contributed by atoms with Gasteiger partial charge in [0.15, 0.2) is 5.43 Å². The van der Waals surface area contributed by atoms with Crippen molar-refractivity contribution in [3.8, 4) is 5.75 Å². The monoisotopic (exact) mass is 272 g/mol. The van der Waals surface area contributed by atoms with Crippen LogP contribution in [0.4, 0.5) is 5.69 Å². The average molecular weight is 272 g/mol. The average Bonchev–Trinajstić information content (AvgIpc) is 2.41. The van der Waals surface area contributed by atoms with Gasteiger partial charge in [-0.2, -0.15) is 0 Å². The van der Waals surface area contributed by atoms with Crippen LogP contribution in [-0.2, 0) is 0 Å². The van der Waals surface area contributed by atoms with E-state index >= 15 is 0 Å². The standard InChI is InChI=1S/C15H16N2O3/c1-10(2)20-12-5-3-11(4-6-12)17-15(19)13-9-16-8-7-14(13)18/h3-10H,1-2H3,(H,16,18)(H,17,19). The topological polar surface area (TPSA) is 71.2 Å². The van der Waals surface area contributed by atoms with E-state index in [-0.39, 0.29) is 17.1 Å². The van der Waals surface area contributed by atoms with Gasteiger partial charge in [0, 0.05) is 24.1 Å². The minimum absolute atomic E-state index is 0.0787. The molecule has 5 heteroatoms. The molecule has 1 aromatic carbocycles. The second kappa shape index (κ2) is 6.06. The lowest BCUT2D eigenvalue weighted by Crippen LogP contribution is -2.20. The number of carbonyl (C=O) groups excluding carboxylic acids is 1. The largest absolute Gasteiger partial charge is 0.491 e. The molecule has 0 aliphatic carbocycles. The predicted molar refractivity (Wildman–Crippen MR) is 77.2 cm³/mol. The maximum atomic E-state index is 11.9. The fraction of sp³-hybridized carbons (Fsp3) is 0.200. The van der Waals surface area contributed by atoms with Gasteiger partial charge in [0.1, 0.15) is 11.3 Å². The van der Waals surface area contributed by atoms with Gasteiger partial charge in [-0.3, -0.25) is 9.59 Å². The number of rotatable bonds is 4. The molecule has 0 bridgehead atoms. The molecule has 0 aliphatic rings. The molecule has 20 heavy (non-hydrogen) atoms. The van der Waals surface area contributed by atoms with Gasteiger partial charge in [-0.25, -0.2) is 0 Å². The van der Waals surface area contributed by atoms with E-state index in [1.165, 1.54) is 18.5 Å². The van der Waals surface area contributed by atoms with E-state index < -0.39 is 5.91 Å². The molecule has 1 heterocycles. The Morgan fingerprint density at radius 2 is 1.90 bits per heavy atom. The van der Waals surface area contributed by atoms with Gasteiger partial charge in [-0.05, 0) is 38.1 Å². The number of ether oxygens (including phenoxy) is 1. The number of H-pyrrole nitrogens is 1. The molecule has 1 amide bonds. The van der Waals surface area contributed by atoms with Gasteiger partial charge in [0.25, 0.3) is 5.91 Å². The highest BCUT2D eigenvalue weighted by atomic mass is 16.5. The number of benzene rings is 1. The van der Waals surface area contributed by atoms with Crippen molar-refractivity contribution in [2.75, 3.05) is 5.32 Å². The van der Waals surface area contributed by atoms with Crippen LogP contribution in [0, 0.1) is 0 Å². The number of nitrogens with one attached hydrogen (secondary N) is 2. The maximum absolute atomic E-state index is 11.9. The first-order valence-electron chi connectivity index (χ1n) is 6.31. The molecule has 2 N–H and O–H groups in total. The van der Waals surface area contributed by atoms with Crippen LogP contribution in [0.3, 0.4) is 0 Å². The van der Waals surface area contributed by atoms with Crippen molar-refractivity contribution in [2.45, 2.75) is 20.0 Å². The number of pyridine rings is 1. The highest BCUT2D eigenvalue weighted by Gasteiger charge is 2.09. The fourth-order valence-corrected chi connectivity index (χ4v) is 1.68. The van der Waals surface area contributed by atoms with Crippen LogP contribution in [0.2, 0.25) is 0 Å². The first-order chi connectivity index (χ1) is 9.56. The Hall–Kier alpha value is -2.56. The Morgan fingerprint density at radius 1 is 1.20 bits per heavy atom. The summed E-state index contributed by atoms with van der Waals surface area (Å²) >= 11 is 0. The molecule has 1 aromatic heterocycles. The zero-order valence-electron chi connectivity index (χ0n) is 11.3. The summed E-state index contributed by atoms with van der Waals surface area (Å²) in [5.74, 6) is 0.292. The van der Waals surface area contributed by atoms with Crippen molar-refractivity contribution < 1.29 is 9.53 Å². The third kappa shape index (κ3) is 3.47. The molecule has 0 saturated heterocycles. The Bertz CT molecular complexity index is 645. The summed E-state index contributed by atoms with van der Waals surface area (Å²) in [5.41, 5.74) is 0.366. The van der Waals surface area contributed by atoms with Crippen molar-refractivity contribution in [1.29, 1.82) is 0 Å². The van der Waals surface area contributed by atoms with Gasteiger partial charge < -0.3 is 15.0 Å². The normalized spacial score (nSPS) is 10.3. The van der Waals surface area contributed by atoms with Gasteiger partial charge in [0.2, 0.25) is 0 Å². The molecular formula is C15H16N2O3. The van der Waals surface area contributed by atoms with Gasteiger partial charge in [-0.1, -0.05) is 0 Å². The molecule has 2 rings (SSSR count). The van der Waals surface area contributed by atoms with Crippen LogP contribution in [0.5, 0.6) is 5.75 Å². The summed E-state index contributed by atoms with van der Waals surface area (Å²) in [6, 6.07) is 8.31. The molecule has 5 nitrogen and oxygen atoms in total. The smallest absolute Gasteiger partial charge is 0.261 e. The first kappa shape index (κ1) is 13.9. The summed E-state index contributed by atoms with van der Waals surface area (Å²) in [6.45, 7) is 3.88. The molecule has 0 radical (unpaired) electrons. The van der Waals surface area contributed by atoms with Crippen molar-refractivity contribution >= 4 is 11.6 Å². The number of hydrogen-bond acceptors (Lipinski definition) is 3. The summed E-state index contributed by atoms with van der Waals surface area (Å²) in [4.78, 5) is 26.2. The second-order valence-electron chi connectivity index (χ2n) is 4.57. The number of anilines is 1. The summed E-state index contributed by atoms with van der Waals surface area (Å²) in [5, 5.41) is 2.67. The number of aromatic amines is 1. The Kier molecular flexibility index (Phi) is 4.20. The fourth-order valence-electron chi connectivity index (χ4n) is 1.68. The van der Waals surface area contributed by atoms with Crippen LogP contribution in [-0.4, -0.2) is 17.0 Å². The molecule has 104 valence electrons. The van der Waals surface area contributed by atoms with Crippen LogP contribution in [0.25, 0.3) is 0 Å². The lowest BCUT2D eigenvalue weighted by Gasteiger charge is -2.10. The van der Waals surface area contributed by atoms with E-state index in [2.05, 4.69) is 10.3 Å². The second-order valence-corrected chi connectivity index (χ2v) is 4.57. The zero-order chi connectivity index (χ0) is 14.5. The molecule has 0 aliphatic heterocycles. The molecule has 0 spiro atoms. The Morgan fingerprint density at radius 3 is 2.50 bits per heavy atom. The third-order valence-corrected chi connectivity index (χ3v) is 2.55. The maximum Gasteiger partial charge on any atom is 0.261 e. The van der Waals surface area contributed by atoms with Gasteiger partial charge in [-0.15, -0.1) is 0 Å². The van der Waals surface area contributed by atoms with E-state index in [1.54, 1.807) is 24.3 Å². The third-order valence-electron chi connectivity index (χ3n) is 2.55. The number of hydrogen-bond donors (Lipinski definition) is 2. The molecule has 0 saturated carbocycles. The van der Waals surface area contributed by atoms with E-state index in [9.17, 15) is 9.59 Å². The minimum Gasteiger partial charge on any atom is -0.491 e. The highest BCUT2D eigenvalue weighted by molar-refractivity contribution is 6.03. The molecule has 2 aromatic rings. The van der Waals surface area contributed by atoms with Crippen LogP contribution in [0.1, 0.15) is 24.2 Å². The zero-order valence-corrected chi connectivity index (χ0v) is 11.3. The molecular weight excluding hydrogens is 256 g/mol. The van der Waals surface area contributed by atoms with E-state index in [0.29, 0.717) is 5.69 Å². The number of aromatic nitrogens is 1. The van der Waals surface area contributed by atoms with Gasteiger partial charge in [0.05, 0.1) is 6.10 Å². The predicted octanol–water partition coefficient (Wildman–Crippen LogP) is 2.41. The van der Waals surface area contributed by atoms with Gasteiger partial charge >= 0.3 is 0 Å². The Labute approximate surface area is 116 Å². The lowest BCUT2D eigenvalue weighted by molar-refractivity contribution is 0.102. The van der Waals surface area contributed by atoms with E-state index in [1.807, 2.05) is 13.8 Å². The van der Waals surface area contributed by atoms with Crippen molar-refractivity contribution in [3.63, 3.8) is 0 Å². The van der Waals surface area contributed by atoms with Crippen molar-refractivity contribution in [2.24, 2.45) is 0 Å². The number of carbonyl (C=O) groups is 1. The van der Waals surface area contributed by atoms with Crippen molar-refractivity contribution in [1.82, 2.24) is 4.98 Å². The molecule has 0 fully saturated rings. The van der Waals surface area contributed by atoms with Crippen molar-refractivity contribution in [3.05, 3.63) is 58.5 Å². The first-order valence-corrected chi connectivity index (χ1v) is 6.31. The summed E-state index contributed by atoms with van der Waals surface area (Å²) in [7, 11) is 0. The van der Waals surface area contributed by atoms with Crippen LogP contribution >= 0.6 is 0 Å². The SMILES string of the molecule is CC(C)Oc1ccc(NC(=O)c2c[nH]ccc2=O)cc1. The van der Waals surface area contributed by atoms with Crippen LogP contribution < -0.4 is 15.5 Å². The summed E-state index contributed by atoms with van der Waals surface area (Å²) < 4.78 is 5.51. The van der Waals surface area contributed by atoms with E-state index in [4.69, 9.17) is 4.74 Å². The Balaban J connectivity index is 2.09. The lowest BCUT2D eigenvalue weighted by atomic mass is 10.2. The van der Waals surface area contributed by atoms with Crippen LogP contribution in [0.15, 0.2) is 47.5 Å². The number of amides is 1. The summed E-state index contributed by atoms with van der Waals surface area (Å²) in [6.07, 6.45) is 2.96.